The van der Waals surface area contributed by atoms with Gasteiger partial charge in [0.25, 0.3) is 5.56 Å². The zero-order valence-electron chi connectivity index (χ0n) is 17.7. The van der Waals surface area contributed by atoms with E-state index in [4.69, 9.17) is 0 Å². The fourth-order valence-corrected chi connectivity index (χ4v) is 3.76. The molecular formula is C23H22FN5O3. The third-order valence-corrected chi connectivity index (χ3v) is 5.38. The number of nitrogens with one attached hydrogen (secondary N) is 1. The highest BCUT2D eigenvalue weighted by Crippen LogP contribution is 2.21. The highest BCUT2D eigenvalue weighted by atomic mass is 19.1. The Bertz CT molecular complexity index is 1400. The average molecular weight is 435 g/mol. The Morgan fingerprint density at radius 3 is 2.47 bits per heavy atom. The standard InChI is InChI=1S/C23H22FN5O3/c1-3-28-22(31)17-6-4-5-7-18(17)29(23(28)32)14-19(30)26-20(21-25-12-13-27(21)2)15-8-10-16(24)11-9-15/h4-13,20H,3,14H2,1-2H3,(H,26,30). The maximum Gasteiger partial charge on any atom is 0.331 e. The van der Waals surface area contributed by atoms with E-state index in [0.29, 0.717) is 22.3 Å². The number of imidazole rings is 1. The highest BCUT2D eigenvalue weighted by molar-refractivity contribution is 5.82. The van der Waals surface area contributed by atoms with E-state index in [1.807, 2.05) is 0 Å². The van der Waals surface area contributed by atoms with E-state index < -0.39 is 23.5 Å². The Morgan fingerprint density at radius 1 is 1.09 bits per heavy atom. The van der Waals surface area contributed by atoms with Crippen LogP contribution >= 0.6 is 0 Å². The van der Waals surface area contributed by atoms with Crippen molar-refractivity contribution in [3.8, 4) is 0 Å². The smallest absolute Gasteiger partial charge is 0.331 e. The van der Waals surface area contributed by atoms with Gasteiger partial charge in [-0.1, -0.05) is 24.3 Å². The summed E-state index contributed by atoms with van der Waals surface area (Å²) in [4.78, 5) is 42.9. The molecule has 2 aromatic carbocycles. The lowest BCUT2D eigenvalue weighted by molar-refractivity contribution is -0.122. The number of carbonyl (C=O) groups excluding carboxylic acids is 1. The number of para-hydroxylation sites is 1. The minimum Gasteiger partial charge on any atom is -0.341 e. The van der Waals surface area contributed by atoms with Crippen molar-refractivity contribution in [2.24, 2.45) is 7.05 Å². The van der Waals surface area contributed by atoms with Crippen LogP contribution in [0.1, 0.15) is 24.4 Å². The number of halogens is 1. The summed E-state index contributed by atoms with van der Waals surface area (Å²) >= 11 is 0. The van der Waals surface area contributed by atoms with Crippen LogP contribution in [0, 0.1) is 5.82 Å². The molecule has 1 unspecified atom stereocenters. The number of carbonyl (C=O) groups is 1. The van der Waals surface area contributed by atoms with E-state index in [2.05, 4.69) is 10.3 Å². The predicted octanol–water partition coefficient (Wildman–Crippen LogP) is 1.96. The van der Waals surface area contributed by atoms with Gasteiger partial charge in [-0.25, -0.2) is 14.2 Å². The van der Waals surface area contributed by atoms with Gasteiger partial charge < -0.3 is 9.88 Å². The summed E-state index contributed by atoms with van der Waals surface area (Å²) in [6.07, 6.45) is 3.35. The number of aromatic nitrogens is 4. The van der Waals surface area contributed by atoms with Crippen LogP contribution in [-0.2, 0) is 24.9 Å². The number of fused-ring (bicyclic) bond motifs is 1. The zero-order chi connectivity index (χ0) is 22.8. The molecule has 2 aromatic heterocycles. The molecule has 0 fully saturated rings. The topological polar surface area (TPSA) is 90.9 Å². The van der Waals surface area contributed by atoms with Crippen LogP contribution in [0.25, 0.3) is 10.9 Å². The predicted molar refractivity (Wildman–Crippen MR) is 118 cm³/mol. The van der Waals surface area contributed by atoms with Gasteiger partial charge in [0.15, 0.2) is 0 Å². The molecule has 0 spiro atoms. The SMILES string of the molecule is CCn1c(=O)c2ccccc2n(CC(=O)NC(c2ccc(F)cc2)c2nccn2C)c1=O. The van der Waals surface area contributed by atoms with Crippen LogP contribution in [-0.4, -0.2) is 24.6 Å². The minimum atomic E-state index is -0.651. The molecule has 0 saturated carbocycles. The summed E-state index contributed by atoms with van der Waals surface area (Å²) in [5, 5.41) is 3.26. The zero-order valence-corrected chi connectivity index (χ0v) is 17.7. The maximum absolute atomic E-state index is 13.4. The Morgan fingerprint density at radius 2 is 1.81 bits per heavy atom. The maximum atomic E-state index is 13.4. The molecule has 1 N–H and O–H groups in total. The first-order valence-electron chi connectivity index (χ1n) is 10.1. The van der Waals surface area contributed by atoms with Gasteiger partial charge in [-0.05, 0) is 36.8 Å². The van der Waals surface area contributed by atoms with Crippen LogP contribution in [0.15, 0.2) is 70.5 Å². The second-order valence-corrected chi connectivity index (χ2v) is 7.38. The number of rotatable bonds is 6. The van der Waals surface area contributed by atoms with Gasteiger partial charge in [-0.3, -0.25) is 18.7 Å². The van der Waals surface area contributed by atoms with Gasteiger partial charge in [-0.15, -0.1) is 0 Å². The van der Waals surface area contributed by atoms with E-state index in [1.54, 1.807) is 67.3 Å². The first-order chi connectivity index (χ1) is 15.4. The molecule has 1 atom stereocenters. The van der Waals surface area contributed by atoms with Crippen molar-refractivity contribution in [2.75, 3.05) is 0 Å². The van der Waals surface area contributed by atoms with Crippen LogP contribution in [0.2, 0.25) is 0 Å². The van der Waals surface area contributed by atoms with Crippen molar-refractivity contribution in [1.29, 1.82) is 0 Å². The van der Waals surface area contributed by atoms with E-state index in [0.717, 1.165) is 4.57 Å². The van der Waals surface area contributed by atoms with Crippen molar-refractivity contribution < 1.29 is 9.18 Å². The molecule has 0 aliphatic rings. The van der Waals surface area contributed by atoms with E-state index >= 15 is 0 Å². The first kappa shape index (κ1) is 21.2. The van der Waals surface area contributed by atoms with Gasteiger partial charge in [0.05, 0.1) is 10.9 Å². The summed E-state index contributed by atoms with van der Waals surface area (Å²) in [5.74, 6) is -0.282. The summed E-state index contributed by atoms with van der Waals surface area (Å²) in [5.41, 5.74) is 0.0890. The second-order valence-electron chi connectivity index (χ2n) is 7.38. The molecule has 4 rings (SSSR count). The first-order valence-corrected chi connectivity index (χ1v) is 10.1. The number of aryl methyl sites for hydroxylation is 1. The van der Waals surface area contributed by atoms with Gasteiger partial charge in [0, 0.05) is 26.0 Å². The third-order valence-electron chi connectivity index (χ3n) is 5.38. The lowest BCUT2D eigenvalue weighted by Gasteiger charge is -2.20. The van der Waals surface area contributed by atoms with Gasteiger partial charge in [0.2, 0.25) is 5.91 Å². The second kappa shape index (κ2) is 8.62. The van der Waals surface area contributed by atoms with Crippen LogP contribution in [0.5, 0.6) is 0 Å². The quantitative estimate of drug-likeness (QED) is 0.501. The van der Waals surface area contributed by atoms with E-state index in [1.165, 1.54) is 16.7 Å². The molecule has 164 valence electrons. The Hall–Kier alpha value is -4.01. The largest absolute Gasteiger partial charge is 0.341 e. The summed E-state index contributed by atoms with van der Waals surface area (Å²) in [6, 6.07) is 11.8. The minimum absolute atomic E-state index is 0.190. The Kier molecular flexibility index (Phi) is 5.72. The fourth-order valence-electron chi connectivity index (χ4n) is 3.76. The van der Waals surface area contributed by atoms with Gasteiger partial charge in [0.1, 0.15) is 24.2 Å². The number of hydrogen-bond donors (Lipinski definition) is 1. The normalized spacial score (nSPS) is 12.1. The fraction of sp³-hybridized carbons (Fsp3) is 0.217. The van der Waals surface area contributed by atoms with Crippen molar-refractivity contribution in [3.05, 3.63) is 99.0 Å². The monoisotopic (exact) mass is 435 g/mol. The molecule has 1 amide bonds. The Balaban J connectivity index is 1.73. The van der Waals surface area contributed by atoms with Crippen molar-refractivity contribution in [2.45, 2.75) is 26.1 Å². The molecule has 0 saturated heterocycles. The van der Waals surface area contributed by atoms with E-state index in [9.17, 15) is 18.8 Å². The van der Waals surface area contributed by atoms with Crippen LogP contribution in [0.4, 0.5) is 4.39 Å². The molecule has 0 aliphatic carbocycles. The van der Waals surface area contributed by atoms with Crippen molar-refractivity contribution in [3.63, 3.8) is 0 Å². The molecule has 4 aromatic rings. The van der Waals surface area contributed by atoms with Crippen LogP contribution < -0.4 is 16.6 Å². The number of hydrogen-bond acceptors (Lipinski definition) is 4. The summed E-state index contributed by atoms with van der Waals surface area (Å²) in [6.45, 7) is 1.60. The summed E-state index contributed by atoms with van der Waals surface area (Å²) in [7, 11) is 1.79. The molecule has 0 bridgehead atoms. The summed E-state index contributed by atoms with van der Waals surface area (Å²) < 4.78 is 17.6. The molecule has 9 heteroatoms. The molecule has 2 heterocycles. The third kappa shape index (κ3) is 3.84. The van der Waals surface area contributed by atoms with Crippen molar-refractivity contribution >= 4 is 16.8 Å². The van der Waals surface area contributed by atoms with Gasteiger partial charge in [-0.2, -0.15) is 0 Å². The number of nitrogens with zero attached hydrogens (tertiary/aromatic N) is 4. The number of amides is 1. The molecular weight excluding hydrogens is 413 g/mol. The number of benzene rings is 2. The molecule has 8 nitrogen and oxygen atoms in total. The highest BCUT2D eigenvalue weighted by Gasteiger charge is 2.22. The van der Waals surface area contributed by atoms with E-state index in [-0.39, 0.29) is 18.6 Å². The molecule has 32 heavy (non-hydrogen) atoms. The van der Waals surface area contributed by atoms with Crippen molar-refractivity contribution in [1.82, 2.24) is 24.0 Å². The average Bonchev–Trinajstić information content (AvgIpc) is 3.21. The molecule has 0 radical (unpaired) electrons. The lowest BCUT2D eigenvalue weighted by atomic mass is 10.1. The van der Waals surface area contributed by atoms with Crippen LogP contribution in [0.3, 0.4) is 0 Å². The lowest BCUT2D eigenvalue weighted by Crippen LogP contribution is -2.43. The van der Waals surface area contributed by atoms with Gasteiger partial charge >= 0.3 is 5.69 Å². The Labute approximate surface area is 182 Å². The molecule has 0 aliphatic heterocycles.